The van der Waals surface area contributed by atoms with Crippen molar-refractivity contribution in [2.75, 3.05) is 19.6 Å². The number of ether oxygens (including phenoxy) is 1. The highest BCUT2D eigenvalue weighted by molar-refractivity contribution is 9.10. The first kappa shape index (κ1) is 17.5. The summed E-state index contributed by atoms with van der Waals surface area (Å²) < 4.78 is 12.3. The number of nitrogens with zero attached hydrogens (tertiary/aromatic N) is 1. The van der Waals surface area contributed by atoms with Gasteiger partial charge in [-0.1, -0.05) is 12.1 Å². The van der Waals surface area contributed by atoms with Gasteiger partial charge in [-0.25, -0.2) is 0 Å². The second kappa shape index (κ2) is 7.25. The number of furan rings is 1. The summed E-state index contributed by atoms with van der Waals surface area (Å²) in [7, 11) is 0. The molecule has 1 aromatic heterocycles. The molecule has 2 aromatic rings. The molecular weight excluding hydrogens is 372 g/mol. The summed E-state index contributed by atoms with van der Waals surface area (Å²) in [6.07, 6.45) is 0.444. The molecule has 3 unspecified atom stereocenters. The van der Waals surface area contributed by atoms with Crippen molar-refractivity contribution in [2.45, 2.75) is 39.0 Å². The lowest BCUT2D eigenvalue weighted by Gasteiger charge is -2.38. The lowest BCUT2D eigenvalue weighted by molar-refractivity contribution is -0.0778. The summed E-state index contributed by atoms with van der Waals surface area (Å²) in [6.45, 7) is 8.65. The molecule has 0 aliphatic carbocycles. The minimum atomic E-state index is -0.181. The molecule has 1 aliphatic rings. The van der Waals surface area contributed by atoms with Crippen LogP contribution in [0.25, 0.3) is 11.0 Å². The maximum atomic E-state index is 12.4. The van der Waals surface area contributed by atoms with Gasteiger partial charge in [0.25, 0.3) is 5.91 Å². The van der Waals surface area contributed by atoms with Gasteiger partial charge in [-0.05, 0) is 48.8 Å². The standard InChI is InChI=1S/C18H23BrN2O3/c1-11(21-9-12(2)23-13(3)10-21)8-20-18(22)16-7-14-5-4-6-15(19)17(14)24-16/h4-7,11-13H,8-10H2,1-3H3,(H,20,22). The summed E-state index contributed by atoms with van der Waals surface area (Å²) >= 11 is 3.44. The molecule has 0 bridgehead atoms. The Hall–Kier alpha value is -1.37. The van der Waals surface area contributed by atoms with Gasteiger partial charge in [0.15, 0.2) is 5.76 Å². The molecule has 1 N–H and O–H groups in total. The monoisotopic (exact) mass is 394 g/mol. The largest absolute Gasteiger partial charge is 0.450 e. The fourth-order valence-electron chi connectivity index (χ4n) is 3.17. The fourth-order valence-corrected chi connectivity index (χ4v) is 3.64. The zero-order valence-corrected chi connectivity index (χ0v) is 15.8. The van der Waals surface area contributed by atoms with Crippen molar-refractivity contribution in [1.29, 1.82) is 0 Å². The van der Waals surface area contributed by atoms with Gasteiger partial charge in [-0.2, -0.15) is 0 Å². The Kier molecular flexibility index (Phi) is 5.27. The summed E-state index contributed by atoms with van der Waals surface area (Å²) in [6, 6.07) is 7.78. The molecule has 1 saturated heterocycles. The second-order valence-electron chi connectivity index (χ2n) is 6.54. The number of hydrogen-bond acceptors (Lipinski definition) is 4. The smallest absolute Gasteiger partial charge is 0.287 e. The Labute approximate surface area is 150 Å². The van der Waals surface area contributed by atoms with Crippen LogP contribution >= 0.6 is 15.9 Å². The van der Waals surface area contributed by atoms with Gasteiger partial charge in [0, 0.05) is 31.1 Å². The molecule has 130 valence electrons. The third-order valence-corrected chi connectivity index (χ3v) is 4.97. The number of morpholine rings is 1. The van der Waals surface area contributed by atoms with E-state index in [1.807, 2.05) is 18.2 Å². The molecule has 0 spiro atoms. The third-order valence-electron chi connectivity index (χ3n) is 4.35. The van der Waals surface area contributed by atoms with E-state index in [1.54, 1.807) is 6.07 Å². The van der Waals surface area contributed by atoms with Gasteiger partial charge in [0.05, 0.1) is 16.7 Å². The van der Waals surface area contributed by atoms with Crippen LogP contribution < -0.4 is 5.32 Å². The van der Waals surface area contributed by atoms with Crippen LogP contribution in [0.5, 0.6) is 0 Å². The van der Waals surface area contributed by atoms with E-state index in [-0.39, 0.29) is 24.2 Å². The van der Waals surface area contributed by atoms with Gasteiger partial charge in [0.1, 0.15) is 5.58 Å². The van der Waals surface area contributed by atoms with Gasteiger partial charge in [-0.15, -0.1) is 0 Å². The van der Waals surface area contributed by atoms with Crippen LogP contribution in [0.4, 0.5) is 0 Å². The van der Waals surface area contributed by atoms with Crippen molar-refractivity contribution in [1.82, 2.24) is 10.2 Å². The minimum Gasteiger partial charge on any atom is -0.450 e. The first-order chi connectivity index (χ1) is 11.4. The number of amides is 1. The van der Waals surface area contributed by atoms with E-state index in [2.05, 4.69) is 46.9 Å². The zero-order valence-electron chi connectivity index (χ0n) is 14.2. The summed E-state index contributed by atoms with van der Waals surface area (Å²) in [4.78, 5) is 14.7. The highest BCUT2D eigenvalue weighted by Crippen LogP contribution is 2.26. The highest BCUT2D eigenvalue weighted by atomic mass is 79.9. The third kappa shape index (κ3) is 3.82. The summed E-state index contributed by atoms with van der Waals surface area (Å²) in [5, 5.41) is 3.89. The Morgan fingerprint density at radius 2 is 2.08 bits per heavy atom. The van der Waals surface area contributed by atoms with E-state index >= 15 is 0 Å². The van der Waals surface area contributed by atoms with Crippen LogP contribution in [-0.2, 0) is 4.74 Å². The molecular formula is C18H23BrN2O3. The predicted octanol–water partition coefficient (Wildman–Crippen LogP) is 3.42. The first-order valence-electron chi connectivity index (χ1n) is 8.30. The predicted molar refractivity (Wildman–Crippen MR) is 97.3 cm³/mol. The Bertz CT molecular complexity index is 720. The lowest BCUT2D eigenvalue weighted by atomic mass is 10.1. The van der Waals surface area contributed by atoms with Crippen molar-refractivity contribution >= 4 is 32.8 Å². The van der Waals surface area contributed by atoms with Crippen LogP contribution in [0.1, 0.15) is 31.3 Å². The number of fused-ring (bicyclic) bond motifs is 1. The topological polar surface area (TPSA) is 54.7 Å². The van der Waals surface area contributed by atoms with Crippen LogP contribution in [0.15, 0.2) is 33.2 Å². The molecule has 3 atom stereocenters. The van der Waals surface area contributed by atoms with Crippen molar-refractivity contribution in [3.63, 3.8) is 0 Å². The Balaban J connectivity index is 1.61. The number of carbonyl (C=O) groups excluding carboxylic acids is 1. The number of rotatable bonds is 4. The molecule has 1 amide bonds. The minimum absolute atomic E-state index is 0.181. The molecule has 2 heterocycles. The van der Waals surface area contributed by atoms with E-state index in [4.69, 9.17) is 9.15 Å². The van der Waals surface area contributed by atoms with Gasteiger partial charge in [0.2, 0.25) is 0 Å². The molecule has 5 nitrogen and oxygen atoms in total. The van der Waals surface area contributed by atoms with Crippen LogP contribution in [0.2, 0.25) is 0 Å². The van der Waals surface area contributed by atoms with Gasteiger partial charge < -0.3 is 14.5 Å². The molecule has 1 fully saturated rings. The van der Waals surface area contributed by atoms with Crippen molar-refractivity contribution < 1.29 is 13.9 Å². The Morgan fingerprint density at radius 3 is 2.75 bits per heavy atom. The van der Waals surface area contributed by atoms with E-state index in [9.17, 15) is 4.79 Å². The maximum absolute atomic E-state index is 12.4. The van der Waals surface area contributed by atoms with Gasteiger partial charge >= 0.3 is 0 Å². The number of carbonyl (C=O) groups is 1. The molecule has 24 heavy (non-hydrogen) atoms. The van der Waals surface area contributed by atoms with Crippen LogP contribution in [-0.4, -0.2) is 48.7 Å². The molecule has 0 saturated carbocycles. The normalized spacial score (nSPS) is 23.3. The van der Waals surface area contributed by atoms with E-state index in [1.165, 1.54) is 0 Å². The summed E-state index contributed by atoms with van der Waals surface area (Å²) in [5.41, 5.74) is 0.700. The second-order valence-corrected chi connectivity index (χ2v) is 7.39. The van der Waals surface area contributed by atoms with Crippen molar-refractivity contribution in [3.05, 3.63) is 34.5 Å². The van der Waals surface area contributed by atoms with Gasteiger partial charge in [-0.3, -0.25) is 9.69 Å². The quantitative estimate of drug-likeness (QED) is 0.862. The molecule has 3 rings (SSSR count). The van der Waals surface area contributed by atoms with E-state index in [0.717, 1.165) is 22.9 Å². The molecule has 0 radical (unpaired) electrons. The van der Waals surface area contributed by atoms with Crippen molar-refractivity contribution in [3.8, 4) is 0 Å². The van der Waals surface area contributed by atoms with Crippen LogP contribution in [0.3, 0.4) is 0 Å². The molecule has 1 aromatic carbocycles. The lowest BCUT2D eigenvalue weighted by Crippen LogP contribution is -2.52. The summed E-state index contributed by atoms with van der Waals surface area (Å²) in [5.74, 6) is 0.159. The average Bonchev–Trinajstić information content (AvgIpc) is 2.97. The number of para-hydroxylation sites is 1. The molecule has 6 heteroatoms. The number of nitrogens with one attached hydrogen (secondary N) is 1. The first-order valence-corrected chi connectivity index (χ1v) is 9.09. The highest BCUT2D eigenvalue weighted by Gasteiger charge is 2.26. The Morgan fingerprint density at radius 1 is 1.38 bits per heavy atom. The number of hydrogen-bond donors (Lipinski definition) is 1. The number of benzene rings is 1. The van der Waals surface area contributed by atoms with Crippen LogP contribution in [0, 0.1) is 0 Å². The van der Waals surface area contributed by atoms with Crippen molar-refractivity contribution in [2.24, 2.45) is 0 Å². The zero-order chi connectivity index (χ0) is 17.3. The van der Waals surface area contributed by atoms with E-state index < -0.39 is 0 Å². The fraction of sp³-hybridized carbons (Fsp3) is 0.500. The average molecular weight is 395 g/mol. The number of halogens is 1. The maximum Gasteiger partial charge on any atom is 0.287 e. The van der Waals surface area contributed by atoms with E-state index in [0.29, 0.717) is 17.9 Å². The SMILES string of the molecule is CC1CN(C(C)CNC(=O)c2cc3cccc(Br)c3o2)CC(C)O1. The molecule has 1 aliphatic heterocycles.